The molecule has 4 nitrogen and oxygen atoms in total. The summed E-state index contributed by atoms with van der Waals surface area (Å²) in [7, 11) is 0. The van der Waals surface area contributed by atoms with Crippen molar-refractivity contribution >= 4 is 56.4 Å². The van der Waals surface area contributed by atoms with Crippen LogP contribution >= 0.6 is 39.1 Å². The Kier molecular flexibility index (Phi) is 5.27. The molecule has 0 aliphatic carbocycles. The van der Waals surface area contributed by atoms with Crippen molar-refractivity contribution in [1.82, 2.24) is 0 Å². The molecule has 1 amide bonds. The Bertz CT molecular complexity index is 869. The Morgan fingerprint density at radius 1 is 1.24 bits per heavy atom. The van der Waals surface area contributed by atoms with Gasteiger partial charge in [0.2, 0.25) is 6.10 Å². The molecule has 0 fully saturated rings. The van der Waals surface area contributed by atoms with Gasteiger partial charge in [0, 0.05) is 22.5 Å². The average Bonchev–Trinajstić information content (AvgIpc) is 3.03. The fraction of sp³-hybridized carbons (Fsp3) is 0.125. The van der Waals surface area contributed by atoms with Crippen molar-refractivity contribution < 1.29 is 18.4 Å². The Labute approximate surface area is 159 Å². The number of anilines is 1. The van der Waals surface area contributed by atoms with E-state index in [0.29, 0.717) is 27.4 Å². The number of carbonyl (C=O) groups excluding carboxylic acids is 1. The zero-order valence-corrected chi connectivity index (χ0v) is 15.4. The summed E-state index contributed by atoms with van der Waals surface area (Å²) in [5, 5.41) is 6.99. The van der Waals surface area contributed by atoms with Crippen LogP contribution in [0.25, 0.3) is 0 Å². The van der Waals surface area contributed by atoms with E-state index in [1.165, 1.54) is 0 Å². The number of nitrogens with zero attached hydrogens (tertiary/aromatic N) is 1. The lowest BCUT2D eigenvalue weighted by atomic mass is 10.0. The van der Waals surface area contributed by atoms with Gasteiger partial charge in [0.15, 0.2) is 5.82 Å². The standard InChI is InChI=1S/C16H9BrCl2F2N2O2/c17-9-4-8(20)5-12(21)15(9)22-16(24)14-6-13(23-25-14)7-1-2-10(18)11(19)3-7/h1-5,14H,6H2,(H,22,24)/t14-/m0/s1. The van der Waals surface area contributed by atoms with E-state index < -0.39 is 23.6 Å². The third-order valence-electron chi connectivity index (χ3n) is 3.47. The van der Waals surface area contributed by atoms with E-state index in [-0.39, 0.29) is 16.6 Å². The zero-order valence-electron chi connectivity index (χ0n) is 12.3. The van der Waals surface area contributed by atoms with Crippen LogP contribution in [0.5, 0.6) is 0 Å². The van der Waals surface area contributed by atoms with Gasteiger partial charge in [-0.05, 0) is 34.1 Å². The molecule has 1 aliphatic rings. The maximum Gasteiger partial charge on any atom is 0.268 e. The molecular weight excluding hydrogens is 441 g/mol. The molecule has 0 spiro atoms. The maximum absolute atomic E-state index is 13.8. The molecule has 1 aliphatic heterocycles. The molecule has 1 N–H and O–H groups in total. The van der Waals surface area contributed by atoms with Gasteiger partial charge >= 0.3 is 0 Å². The number of benzene rings is 2. The predicted octanol–water partition coefficient (Wildman–Crippen LogP) is 5.17. The van der Waals surface area contributed by atoms with Crippen LogP contribution < -0.4 is 5.32 Å². The second-order valence-electron chi connectivity index (χ2n) is 5.20. The monoisotopic (exact) mass is 448 g/mol. The number of amides is 1. The quantitative estimate of drug-likeness (QED) is 0.703. The van der Waals surface area contributed by atoms with E-state index in [9.17, 15) is 13.6 Å². The first-order valence-corrected chi connectivity index (χ1v) is 8.53. The van der Waals surface area contributed by atoms with Gasteiger partial charge in [0.05, 0.1) is 21.4 Å². The molecule has 3 rings (SSSR count). The summed E-state index contributed by atoms with van der Waals surface area (Å²) in [5.74, 6) is -2.27. The molecule has 0 aromatic heterocycles. The summed E-state index contributed by atoms with van der Waals surface area (Å²) >= 11 is 14.8. The van der Waals surface area contributed by atoms with Crippen molar-refractivity contribution in [2.75, 3.05) is 5.32 Å². The van der Waals surface area contributed by atoms with E-state index >= 15 is 0 Å². The maximum atomic E-state index is 13.8. The fourth-order valence-corrected chi connectivity index (χ4v) is 3.03. The zero-order chi connectivity index (χ0) is 18.1. The summed E-state index contributed by atoms with van der Waals surface area (Å²) in [4.78, 5) is 17.4. The van der Waals surface area contributed by atoms with E-state index in [2.05, 4.69) is 26.4 Å². The number of halogens is 5. The molecule has 2 aromatic rings. The molecule has 0 saturated heterocycles. The van der Waals surface area contributed by atoms with Gasteiger partial charge in [-0.2, -0.15) is 0 Å². The Balaban J connectivity index is 1.71. The van der Waals surface area contributed by atoms with Crippen molar-refractivity contribution in [3.8, 4) is 0 Å². The van der Waals surface area contributed by atoms with Gasteiger partial charge < -0.3 is 10.2 Å². The van der Waals surface area contributed by atoms with Gasteiger partial charge in [-0.25, -0.2) is 8.78 Å². The van der Waals surface area contributed by atoms with E-state index in [0.717, 1.165) is 6.07 Å². The minimum Gasteiger partial charge on any atom is -0.382 e. The Morgan fingerprint density at radius 2 is 2.00 bits per heavy atom. The van der Waals surface area contributed by atoms with Crippen molar-refractivity contribution in [2.45, 2.75) is 12.5 Å². The number of oxime groups is 1. The van der Waals surface area contributed by atoms with E-state index in [1.54, 1.807) is 18.2 Å². The molecule has 130 valence electrons. The van der Waals surface area contributed by atoms with Crippen molar-refractivity contribution in [3.63, 3.8) is 0 Å². The van der Waals surface area contributed by atoms with Crippen LogP contribution in [0.1, 0.15) is 12.0 Å². The van der Waals surface area contributed by atoms with Crippen molar-refractivity contribution in [3.05, 3.63) is 62.0 Å². The summed E-state index contributed by atoms with van der Waals surface area (Å²) in [6.45, 7) is 0. The third kappa shape index (κ3) is 3.94. The fourth-order valence-electron chi connectivity index (χ4n) is 2.23. The smallest absolute Gasteiger partial charge is 0.268 e. The van der Waals surface area contributed by atoms with Crippen LogP contribution in [0.3, 0.4) is 0 Å². The second kappa shape index (κ2) is 7.27. The minimum atomic E-state index is -0.944. The SMILES string of the molecule is O=C(Nc1c(F)cc(F)cc1Br)[C@@H]1CC(c2ccc(Cl)c(Cl)c2)=NO1. The van der Waals surface area contributed by atoms with Gasteiger partial charge in [-0.15, -0.1) is 0 Å². The lowest BCUT2D eigenvalue weighted by Crippen LogP contribution is -2.28. The van der Waals surface area contributed by atoms with Crippen LogP contribution in [-0.4, -0.2) is 17.7 Å². The van der Waals surface area contributed by atoms with Gasteiger partial charge in [-0.1, -0.05) is 34.4 Å². The topological polar surface area (TPSA) is 50.7 Å². The van der Waals surface area contributed by atoms with Crippen LogP contribution in [-0.2, 0) is 9.63 Å². The number of carbonyl (C=O) groups is 1. The van der Waals surface area contributed by atoms with E-state index in [1.807, 2.05) is 0 Å². The van der Waals surface area contributed by atoms with E-state index in [4.69, 9.17) is 28.0 Å². The first-order chi connectivity index (χ1) is 11.8. The first kappa shape index (κ1) is 18.1. The third-order valence-corrected chi connectivity index (χ3v) is 4.83. The average molecular weight is 450 g/mol. The second-order valence-corrected chi connectivity index (χ2v) is 6.87. The minimum absolute atomic E-state index is 0.0852. The van der Waals surface area contributed by atoms with Crippen LogP contribution in [0.15, 0.2) is 40.0 Å². The Morgan fingerprint density at radius 3 is 2.68 bits per heavy atom. The molecule has 0 unspecified atom stereocenters. The summed E-state index contributed by atoms with van der Waals surface area (Å²) in [5.41, 5.74) is 1.01. The summed E-state index contributed by atoms with van der Waals surface area (Å²) < 4.78 is 27.0. The number of rotatable bonds is 3. The highest BCUT2D eigenvalue weighted by molar-refractivity contribution is 9.10. The molecular formula is C16H9BrCl2F2N2O2. The molecule has 1 atom stereocenters. The van der Waals surface area contributed by atoms with Crippen molar-refractivity contribution in [2.24, 2.45) is 5.16 Å². The molecule has 1 heterocycles. The van der Waals surface area contributed by atoms with Crippen LogP contribution in [0.4, 0.5) is 14.5 Å². The van der Waals surface area contributed by atoms with Gasteiger partial charge in [0.1, 0.15) is 5.82 Å². The van der Waals surface area contributed by atoms with Gasteiger partial charge in [-0.3, -0.25) is 4.79 Å². The molecule has 0 bridgehead atoms. The number of hydrogen-bond donors (Lipinski definition) is 1. The summed E-state index contributed by atoms with van der Waals surface area (Å²) in [6, 6.07) is 6.65. The molecule has 0 saturated carbocycles. The van der Waals surface area contributed by atoms with Crippen LogP contribution in [0, 0.1) is 11.6 Å². The summed E-state index contributed by atoms with van der Waals surface area (Å²) in [6.07, 6.45) is -0.773. The van der Waals surface area contributed by atoms with Crippen molar-refractivity contribution in [1.29, 1.82) is 0 Å². The number of hydrogen-bond acceptors (Lipinski definition) is 3. The molecule has 2 aromatic carbocycles. The highest BCUT2D eigenvalue weighted by Gasteiger charge is 2.30. The first-order valence-electron chi connectivity index (χ1n) is 6.98. The lowest BCUT2D eigenvalue weighted by Gasteiger charge is -2.12. The lowest BCUT2D eigenvalue weighted by molar-refractivity contribution is -0.125. The molecule has 0 radical (unpaired) electrons. The largest absolute Gasteiger partial charge is 0.382 e. The number of nitrogens with one attached hydrogen (secondary N) is 1. The highest BCUT2D eigenvalue weighted by Crippen LogP contribution is 2.29. The molecule has 25 heavy (non-hydrogen) atoms. The predicted molar refractivity (Wildman–Crippen MR) is 95.2 cm³/mol. The van der Waals surface area contributed by atoms with Crippen LogP contribution in [0.2, 0.25) is 10.0 Å². The highest BCUT2D eigenvalue weighted by atomic mass is 79.9. The van der Waals surface area contributed by atoms with Gasteiger partial charge in [0.25, 0.3) is 5.91 Å². The normalized spacial score (nSPS) is 16.4. The Hall–Kier alpha value is -1.70. The molecule has 9 heteroatoms.